The van der Waals surface area contributed by atoms with Crippen LogP contribution in [-0.2, 0) is 4.79 Å². The fourth-order valence-corrected chi connectivity index (χ4v) is 1.93. The second kappa shape index (κ2) is 4.79. The van der Waals surface area contributed by atoms with Crippen molar-refractivity contribution in [3.63, 3.8) is 0 Å². The van der Waals surface area contributed by atoms with E-state index in [2.05, 4.69) is 18.7 Å². The standard InChI is InChI=1S/C12H21NO2/c1-10(8-11(14)15)9-13-6-4-12(2,3)5-7-13/h8H,4-7,9H2,1-3H3,(H,14,15). The summed E-state index contributed by atoms with van der Waals surface area (Å²) in [6.07, 6.45) is 3.71. The molecule has 0 aromatic heterocycles. The predicted molar refractivity (Wildman–Crippen MR) is 60.8 cm³/mol. The molecule has 1 aliphatic heterocycles. The van der Waals surface area contributed by atoms with Crippen LogP contribution in [0.3, 0.4) is 0 Å². The average molecular weight is 211 g/mol. The molecule has 0 amide bonds. The molecule has 1 rings (SSSR count). The second-order valence-electron chi connectivity index (χ2n) is 5.27. The zero-order valence-corrected chi connectivity index (χ0v) is 9.92. The molecular formula is C12H21NO2. The van der Waals surface area contributed by atoms with Gasteiger partial charge in [0.25, 0.3) is 0 Å². The Kier molecular flexibility index (Phi) is 3.91. The number of rotatable bonds is 3. The third-order valence-electron chi connectivity index (χ3n) is 3.05. The van der Waals surface area contributed by atoms with E-state index in [4.69, 9.17) is 5.11 Å². The van der Waals surface area contributed by atoms with Crippen molar-refractivity contribution in [3.8, 4) is 0 Å². The Labute approximate surface area is 91.8 Å². The van der Waals surface area contributed by atoms with Crippen molar-refractivity contribution < 1.29 is 9.90 Å². The zero-order valence-electron chi connectivity index (χ0n) is 9.92. The van der Waals surface area contributed by atoms with Gasteiger partial charge in [-0.15, -0.1) is 0 Å². The summed E-state index contributed by atoms with van der Waals surface area (Å²) in [4.78, 5) is 12.8. The molecule has 0 bridgehead atoms. The molecule has 3 heteroatoms. The van der Waals surface area contributed by atoms with Crippen molar-refractivity contribution in [1.29, 1.82) is 0 Å². The predicted octanol–water partition coefficient (Wildman–Crippen LogP) is 2.14. The topological polar surface area (TPSA) is 40.5 Å². The highest BCUT2D eigenvalue weighted by molar-refractivity contribution is 5.80. The fourth-order valence-electron chi connectivity index (χ4n) is 1.93. The molecule has 1 saturated heterocycles. The molecule has 3 nitrogen and oxygen atoms in total. The molecule has 0 aromatic rings. The van der Waals surface area contributed by atoms with Crippen LogP contribution >= 0.6 is 0 Å². The highest BCUT2D eigenvalue weighted by atomic mass is 16.4. The van der Waals surface area contributed by atoms with Crippen LogP contribution in [0.2, 0.25) is 0 Å². The molecule has 0 aromatic carbocycles. The highest BCUT2D eigenvalue weighted by Crippen LogP contribution is 2.29. The van der Waals surface area contributed by atoms with Gasteiger partial charge >= 0.3 is 5.97 Å². The maximum absolute atomic E-state index is 10.5. The molecule has 0 radical (unpaired) electrons. The number of carboxylic acid groups (broad SMARTS) is 1. The maximum Gasteiger partial charge on any atom is 0.328 e. The van der Waals surface area contributed by atoms with Crippen LogP contribution in [0.4, 0.5) is 0 Å². The van der Waals surface area contributed by atoms with E-state index in [1.165, 1.54) is 18.9 Å². The van der Waals surface area contributed by atoms with E-state index < -0.39 is 5.97 Å². The van der Waals surface area contributed by atoms with E-state index in [0.29, 0.717) is 5.41 Å². The maximum atomic E-state index is 10.5. The van der Waals surface area contributed by atoms with Gasteiger partial charge in [-0.3, -0.25) is 4.90 Å². The van der Waals surface area contributed by atoms with Gasteiger partial charge in [0.2, 0.25) is 0 Å². The Morgan fingerprint density at radius 2 is 1.93 bits per heavy atom. The van der Waals surface area contributed by atoms with E-state index in [1.54, 1.807) is 0 Å². The number of hydrogen-bond acceptors (Lipinski definition) is 2. The highest BCUT2D eigenvalue weighted by Gasteiger charge is 2.24. The normalized spacial score (nSPS) is 22.7. The number of aliphatic carboxylic acids is 1. The number of carbonyl (C=O) groups is 1. The van der Waals surface area contributed by atoms with E-state index in [-0.39, 0.29) is 0 Å². The van der Waals surface area contributed by atoms with Gasteiger partial charge in [0.1, 0.15) is 0 Å². The number of piperidine rings is 1. The number of hydrogen-bond donors (Lipinski definition) is 1. The molecule has 0 atom stereocenters. The molecular weight excluding hydrogens is 190 g/mol. The van der Waals surface area contributed by atoms with Crippen molar-refractivity contribution in [3.05, 3.63) is 11.6 Å². The SMILES string of the molecule is CC(=CC(=O)O)CN1CCC(C)(C)CC1. The van der Waals surface area contributed by atoms with Crippen molar-refractivity contribution in [2.75, 3.05) is 19.6 Å². The molecule has 0 aliphatic carbocycles. The lowest BCUT2D eigenvalue weighted by atomic mass is 9.82. The summed E-state index contributed by atoms with van der Waals surface area (Å²) in [5.74, 6) is -0.843. The Hall–Kier alpha value is -0.830. The lowest BCUT2D eigenvalue weighted by Gasteiger charge is -2.37. The summed E-state index contributed by atoms with van der Waals surface area (Å²) >= 11 is 0. The molecule has 1 fully saturated rings. The first kappa shape index (κ1) is 12.2. The van der Waals surface area contributed by atoms with Gasteiger partial charge in [-0.05, 0) is 38.3 Å². The molecule has 0 saturated carbocycles. The van der Waals surface area contributed by atoms with Crippen molar-refractivity contribution >= 4 is 5.97 Å². The van der Waals surface area contributed by atoms with Gasteiger partial charge in [0.15, 0.2) is 0 Å². The Balaban J connectivity index is 2.39. The summed E-state index contributed by atoms with van der Waals surface area (Å²) in [5, 5.41) is 8.60. The summed E-state index contributed by atoms with van der Waals surface area (Å²) in [6, 6.07) is 0. The number of carboxylic acids is 1. The quantitative estimate of drug-likeness (QED) is 0.727. The smallest absolute Gasteiger partial charge is 0.328 e. The van der Waals surface area contributed by atoms with E-state index in [0.717, 1.165) is 25.2 Å². The van der Waals surface area contributed by atoms with Crippen molar-refractivity contribution in [1.82, 2.24) is 4.90 Å². The van der Waals surface area contributed by atoms with Crippen LogP contribution in [0.5, 0.6) is 0 Å². The van der Waals surface area contributed by atoms with Gasteiger partial charge in [-0.2, -0.15) is 0 Å². The summed E-state index contributed by atoms with van der Waals surface area (Å²) in [7, 11) is 0. The first-order valence-corrected chi connectivity index (χ1v) is 5.51. The second-order valence-corrected chi connectivity index (χ2v) is 5.27. The summed E-state index contributed by atoms with van der Waals surface area (Å²) < 4.78 is 0. The lowest BCUT2D eigenvalue weighted by molar-refractivity contribution is -0.131. The first-order chi connectivity index (χ1) is 6.89. The monoisotopic (exact) mass is 211 g/mol. The summed E-state index contributed by atoms with van der Waals surface area (Å²) in [6.45, 7) is 9.43. The Morgan fingerprint density at radius 3 is 2.40 bits per heavy atom. The van der Waals surface area contributed by atoms with Crippen LogP contribution in [0, 0.1) is 5.41 Å². The summed E-state index contributed by atoms with van der Waals surface area (Å²) in [5.41, 5.74) is 1.39. The van der Waals surface area contributed by atoms with Gasteiger partial charge in [0.05, 0.1) is 0 Å². The third-order valence-corrected chi connectivity index (χ3v) is 3.05. The van der Waals surface area contributed by atoms with E-state index >= 15 is 0 Å². The van der Waals surface area contributed by atoms with Gasteiger partial charge in [-0.25, -0.2) is 4.79 Å². The van der Waals surface area contributed by atoms with Crippen LogP contribution < -0.4 is 0 Å². The Bertz CT molecular complexity index is 259. The molecule has 0 spiro atoms. The number of nitrogens with zero attached hydrogens (tertiary/aromatic N) is 1. The first-order valence-electron chi connectivity index (χ1n) is 5.51. The lowest BCUT2D eigenvalue weighted by Crippen LogP contribution is -2.38. The zero-order chi connectivity index (χ0) is 11.5. The molecule has 15 heavy (non-hydrogen) atoms. The number of likely N-dealkylation sites (tertiary alicyclic amines) is 1. The molecule has 1 N–H and O–H groups in total. The van der Waals surface area contributed by atoms with Crippen LogP contribution in [0.25, 0.3) is 0 Å². The van der Waals surface area contributed by atoms with Crippen LogP contribution in [0.1, 0.15) is 33.6 Å². The minimum Gasteiger partial charge on any atom is -0.478 e. The van der Waals surface area contributed by atoms with Crippen LogP contribution in [-0.4, -0.2) is 35.6 Å². The molecule has 86 valence electrons. The van der Waals surface area contributed by atoms with E-state index in [1.807, 2.05) is 6.92 Å². The van der Waals surface area contributed by atoms with Gasteiger partial charge in [-0.1, -0.05) is 19.4 Å². The third kappa shape index (κ3) is 4.47. The fraction of sp³-hybridized carbons (Fsp3) is 0.750. The van der Waals surface area contributed by atoms with Gasteiger partial charge < -0.3 is 5.11 Å². The largest absolute Gasteiger partial charge is 0.478 e. The van der Waals surface area contributed by atoms with Crippen molar-refractivity contribution in [2.24, 2.45) is 5.41 Å². The molecule has 0 unspecified atom stereocenters. The van der Waals surface area contributed by atoms with Crippen molar-refractivity contribution in [2.45, 2.75) is 33.6 Å². The minimum absolute atomic E-state index is 0.459. The molecule has 1 aliphatic rings. The Morgan fingerprint density at radius 1 is 1.40 bits per heavy atom. The minimum atomic E-state index is -0.843. The molecule has 1 heterocycles. The van der Waals surface area contributed by atoms with Gasteiger partial charge in [0, 0.05) is 12.6 Å². The average Bonchev–Trinajstić information content (AvgIpc) is 2.07. The van der Waals surface area contributed by atoms with E-state index in [9.17, 15) is 4.79 Å². The van der Waals surface area contributed by atoms with Crippen LogP contribution in [0.15, 0.2) is 11.6 Å².